The highest BCUT2D eigenvalue weighted by molar-refractivity contribution is 6.37. The largest absolute Gasteiger partial charge is 0.454 e. The molecular formula is C26H19Cl2FN4O3. The van der Waals surface area contributed by atoms with Crippen LogP contribution in [0.5, 0.6) is 11.5 Å². The van der Waals surface area contributed by atoms with Gasteiger partial charge in [-0.25, -0.2) is 9.18 Å². The van der Waals surface area contributed by atoms with E-state index < -0.39 is 6.03 Å². The molecule has 0 atom stereocenters. The predicted octanol–water partition coefficient (Wildman–Crippen LogP) is 6.15. The van der Waals surface area contributed by atoms with E-state index in [1.165, 1.54) is 30.5 Å². The van der Waals surface area contributed by atoms with E-state index in [1.54, 1.807) is 35.2 Å². The lowest BCUT2D eigenvalue weighted by atomic mass is 9.98. The molecule has 0 spiro atoms. The second kappa shape index (κ2) is 9.64. The van der Waals surface area contributed by atoms with Crippen LogP contribution in [0.2, 0.25) is 10.0 Å². The minimum atomic E-state index is -0.490. The van der Waals surface area contributed by atoms with Crippen molar-refractivity contribution in [2.24, 2.45) is 5.10 Å². The summed E-state index contributed by atoms with van der Waals surface area (Å²) in [6.45, 7) is 4.56. The lowest BCUT2D eigenvalue weighted by molar-refractivity contribution is 0.0727. The predicted molar refractivity (Wildman–Crippen MR) is 136 cm³/mol. The monoisotopic (exact) mass is 524 g/mol. The molecule has 3 aromatic carbocycles. The Morgan fingerprint density at radius 1 is 1.06 bits per heavy atom. The van der Waals surface area contributed by atoms with Crippen molar-refractivity contribution in [1.29, 1.82) is 0 Å². The van der Waals surface area contributed by atoms with E-state index in [9.17, 15) is 14.0 Å². The number of benzene rings is 3. The molecule has 2 aliphatic rings. The minimum absolute atomic E-state index is 0.101. The second-order valence-electron chi connectivity index (χ2n) is 8.27. The summed E-state index contributed by atoms with van der Waals surface area (Å²) >= 11 is 12.9. The van der Waals surface area contributed by atoms with Crippen LogP contribution in [-0.2, 0) is 13.0 Å². The molecule has 5 rings (SSSR count). The maximum Gasteiger partial charge on any atom is 0.347 e. The number of hydrazone groups is 1. The van der Waals surface area contributed by atoms with Crippen LogP contribution in [0.1, 0.15) is 21.5 Å². The van der Waals surface area contributed by atoms with Crippen LogP contribution in [0, 0.1) is 5.82 Å². The molecule has 0 fully saturated rings. The normalized spacial score (nSPS) is 15.1. The highest BCUT2D eigenvalue weighted by Crippen LogP contribution is 2.40. The van der Waals surface area contributed by atoms with Gasteiger partial charge in [0.2, 0.25) is 0 Å². The standard InChI is InChI=1S/C26H19Cl2FN4O3/c1-15-13-30-33(26(35)31-15)19-11-22(27)24(23(28)12-19)36-20-6-7-21-17(10-20)8-9-32(25(21)34)14-16-2-4-18(29)5-3-16/h2-7,10-13H,1,8-9,14H2,(H,31,35). The maximum atomic E-state index is 13.2. The Morgan fingerprint density at radius 2 is 1.78 bits per heavy atom. The minimum Gasteiger partial charge on any atom is -0.454 e. The summed E-state index contributed by atoms with van der Waals surface area (Å²) in [5.74, 6) is 0.270. The second-order valence-corrected chi connectivity index (χ2v) is 9.09. The van der Waals surface area contributed by atoms with Gasteiger partial charge < -0.3 is 15.0 Å². The first kappa shape index (κ1) is 23.8. The van der Waals surface area contributed by atoms with Gasteiger partial charge in [0.25, 0.3) is 5.91 Å². The van der Waals surface area contributed by atoms with E-state index in [0.29, 0.717) is 42.2 Å². The van der Waals surface area contributed by atoms with Crippen LogP contribution >= 0.6 is 23.2 Å². The molecule has 36 heavy (non-hydrogen) atoms. The van der Waals surface area contributed by atoms with E-state index in [4.69, 9.17) is 27.9 Å². The Kier molecular flexibility index (Phi) is 6.38. The number of urea groups is 1. The van der Waals surface area contributed by atoms with E-state index >= 15 is 0 Å². The molecule has 0 radical (unpaired) electrons. The number of anilines is 1. The first-order valence-corrected chi connectivity index (χ1v) is 11.7. The van der Waals surface area contributed by atoms with Gasteiger partial charge in [0, 0.05) is 18.7 Å². The number of hydrogen-bond acceptors (Lipinski definition) is 4. The van der Waals surface area contributed by atoms with Crippen LogP contribution < -0.4 is 15.1 Å². The fraction of sp³-hybridized carbons (Fsp3) is 0.115. The van der Waals surface area contributed by atoms with Crippen molar-refractivity contribution in [2.75, 3.05) is 11.6 Å². The Morgan fingerprint density at radius 3 is 2.47 bits per heavy atom. The Bertz CT molecular complexity index is 1400. The molecular weight excluding hydrogens is 506 g/mol. The number of carbonyl (C=O) groups excluding carboxylic acids is 2. The van der Waals surface area contributed by atoms with E-state index in [1.807, 2.05) is 0 Å². The average Bonchev–Trinajstić information content (AvgIpc) is 2.84. The summed E-state index contributed by atoms with van der Waals surface area (Å²) in [5, 5.41) is 8.07. The topological polar surface area (TPSA) is 74.2 Å². The maximum absolute atomic E-state index is 13.2. The number of rotatable bonds is 5. The van der Waals surface area contributed by atoms with Crippen molar-refractivity contribution in [3.63, 3.8) is 0 Å². The first-order chi connectivity index (χ1) is 17.3. The van der Waals surface area contributed by atoms with Gasteiger partial charge in [-0.05, 0) is 60.0 Å². The molecule has 0 saturated heterocycles. The summed E-state index contributed by atoms with van der Waals surface area (Å²) in [4.78, 5) is 26.9. The van der Waals surface area contributed by atoms with E-state index in [2.05, 4.69) is 17.0 Å². The van der Waals surface area contributed by atoms with Gasteiger partial charge >= 0.3 is 6.03 Å². The van der Waals surface area contributed by atoms with Crippen molar-refractivity contribution >= 4 is 47.0 Å². The molecule has 0 saturated carbocycles. The SMILES string of the molecule is C=C1C=NN(c2cc(Cl)c(Oc3ccc4c(c3)CCN(Cc3ccc(F)cc3)C4=O)c(Cl)c2)C(=O)N1. The highest BCUT2D eigenvalue weighted by atomic mass is 35.5. The fourth-order valence-electron chi connectivity index (χ4n) is 4.01. The van der Waals surface area contributed by atoms with Gasteiger partial charge in [0.1, 0.15) is 11.6 Å². The number of nitrogens with one attached hydrogen (secondary N) is 1. The molecule has 1 N–H and O–H groups in total. The smallest absolute Gasteiger partial charge is 0.347 e. The lowest BCUT2D eigenvalue weighted by Crippen LogP contribution is -2.40. The van der Waals surface area contributed by atoms with Gasteiger partial charge in [-0.15, -0.1) is 0 Å². The molecule has 0 unspecified atom stereocenters. The molecule has 0 aliphatic carbocycles. The summed E-state index contributed by atoms with van der Waals surface area (Å²) in [6.07, 6.45) is 2.04. The van der Waals surface area contributed by atoms with Crippen molar-refractivity contribution in [3.8, 4) is 11.5 Å². The summed E-state index contributed by atoms with van der Waals surface area (Å²) in [5.41, 5.74) is 3.02. The Hall–Kier alpha value is -3.88. The third-order valence-electron chi connectivity index (χ3n) is 5.77. The molecule has 182 valence electrons. The molecule has 3 aromatic rings. The number of fused-ring (bicyclic) bond motifs is 1. The number of hydrogen-bond donors (Lipinski definition) is 1. The third kappa shape index (κ3) is 4.78. The quantitative estimate of drug-likeness (QED) is 0.434. The third-order valence-corrected chi connectivity index (χ3v) is 6.33. The molecule has 3 amide bonds. The average molecular weight is 525 g/mol. The molecule has 10 heteroatoms. The fourth-order valence-corrected chi connectivity index (χ4v) is 4.56. The van der Waals surface area contributed by atoms with Gasteiger partial charge in [-0.3, -0.25) is 4.79 Å². The zero-order valence-corrected chi connectivity index (χ0v) is 20.3. The van der Waals surface area contributed by atoms with Crippen LogP contribution in [-0.4, -0.2) is 29.6 Å². The van der Waals surface area contributed by atoms with Crippen LogP contribution in [0.25, 0.3) is 0 Å². The number of halogens is 3. The van der Waals surface area contributed by atoms with Crippen molar-refractivity contribution in [1.82, 2.24) is 10.2 Å². The van der Waals surface area contributed by atoms with Crippen LogP contribution in [0.4, 0.5) is 14.9 Å². The van der Waals surface area contributed by atoms with Crippen molar-refractivity contribution in [3.05, 3.63) is 99.4 Å². The Balaban J connectivity index is 1.33. The molecule has 2 aliphatic heterocycles. The number of ether oxygens (including phenoxy) is 1. The molecule has 2 heterocycles. The number of carbonyl (C=O) groups is 2. The Labute approximate surface area is 216 Å². The van der Waals surface area contributed by atoms with Gasteiger partial charge in [-0.2, -0.15) is 10.1 Å². The molecule has 0 bridgehead atoms. The molecule has 7 nitrogen and oxygen atoms in total. The number of nitrogens with zero attached hydrogens (tertiary/aromatic N) is 3. The number of amides is 3. The summed E-state index contributed by atoms with van der Waals surface area (Å²) in [6, 6.07) is 13.8. The van der Waals surface area contributed by atoms with E-state index in [0.717, 1.165) is 16.1 Å². The lowest BCUT2D eigenvalue weighted by Gasteiger charge is -2.29. The summed E-state index contributed by atoms with van der Waals surface area (Å²) in [7, 11) is 0. The summed E-state index contributed by atoms with van der Waals surface area (Å²) < 4.78 is 19.1. The first-order valence-electron chi connectivity index (χ1n) is 11.0. The van der Waals surface area contributed by atoms with Crippen LogP contribution in [0.3, 0.4) is 0 Å². The number of allylic oxidation sites excluding steroid dienone is 1. The van der Waals surface area contributed by atoms with Crippen molar-refractivity contribution in [2.45, 2.75) is 13.0 Å². The van der Waals surface area contributed by atoms with E-state index in [-0.39, 0.29) is 27.5 Å². The van der Waals surface area contributed by atoms with Gasteiger partial charge in [0.05, 0.1) is 27.6 Å². The van der Waals surface area contributed by atoms with Crippen LogP contribution in [0.15, 0.2) is 72.0 Å². The highest BCUT2D eigenvalue weighted by Gasteiger charge is 2.26. The molecule has 0 aromatic heterocycles. The van der Waals surface area contributed by atoms with Gasteiger partial charge in [0.15, 0.2) is 5.75 Å². The zero-order valence-electron chi connectivity index (χ0n) is 18.8. The van der Waals surface area contributed by atoms with Gasteiger partial charge in [-0.1, -0.05) is 41.9 Å². The zero-order chi connectivity index (χ0) is 25.4. The van der Waals surface area contributed by atoms with Crippen molar-refractivity contribution < 1.29 is 18.7 Å².